The fraction of sp³-hybridized carbons (Fsp3) is 0.846. The lowest BCUT2D eigenvalue weighted by molar-refractivity contribution is 0.133. The molecule has 0 unspecified atom stereocenters. The van der Waals surface area contributed by atoms with Crippen molar-refractivity contribution in [3.8, 4) is 0 Å². The van der Waals surface area contributed by atoms with E-state index in [0.29, 0.717) is 0 Å². The first-order chi connectivity index (χ1) is 7.31. The van der Waals surface area contributed by atoms with Gasteiger partial charge in [-0.05, 0) is 12.8 Å². The van der Waals surface area contributed by atoms with Gasteiger partial charge >= 0.3 is 0 Å². The zero-order chi connectivity index (χ0) is 11.4. The van der Waals surface area contributed by atoms with E-state index >= 15 is 0 Å². The first-order valence-corrected chi connectivity index (χ1v) is 6.30. The molecule has 0 aromatic rings. The van der Waals surface area contributed by atoms with Gasteiger partial charge in [0.15, 0.2) is 0 Å². The molecule has 0 radical (unpaired) electrons. The van der Waals surface area contributed by atoms with Gasteiger partial charge in [0.2, 0.25) is 0 Å². The molecule has 0 aromatic heterocycles. The maximum Gasteiger partial charge on any atom is 0.0638 e. The Bertz CT molecular complexity index is 145. The third kappa shape index (κ3) is 11.4. The lowest BCUT2D eigenvalue weighted by Crippen LogP contribution is -2.18. The summed E-state index contributed by atoms with van der Waals surface area (Å²) in [5.74, 6) is 0. The van der Waals surface area contributed by atoms with E-state index in [1.165, 1.54) is 25.7 Å². The van der Waals surface area contributed by atoms with Crippen LogP contribution in [0.25, 0.3) is 0 Å². The number of unbranched alkanes of at least 4 members (excludes halogenated alkanes) is 3. The van der Waals surface area contributed by atoms with Crippen LogP contribution in [0.2, 0.25) is 0 Å². The average molecular weight is 213 g/mol. The van der Waals surface area contributed by atoms with Crippen molar-refractivity contribution in [2.75, 3.05) is 19.8 Å². The van der Waals surface area contributed by atoms with Crippen molar-refractivity contribution in [3.05, 3.63) is 12.3 Å². The second kappa shape index (κ2) is 11.6. The molecule has 90 valence electrons. The van der Waals surface area contributed by atoms with Crippen molar-refractivity contribution in [1.82, 2.24) is 5.32 Å². The summed E-state index contributed by atoms with van der Waals surface area (Å²) in [4.78, 5) is 0. The number of rotatable bonds is 11. The molecule has 0 heterocycles. The summed E-state index contributed by atoms with van der Waals surface area (Å²) >= 11 is 0. The highest BCUT2D eigenvalue weighted by molar-refractivity contribution is 4.89. The minimum Gasteiger partial charge on any atom is -0.387 e. The van der Waals surface area contributed by atoms with Crippen molar-refractivity contribution >= 4 is 0 Å². The van der Waals surface area contributed by atoms with Crippen molar-refractivity contribution in [2.24, 2.45) is 0 Å². The molecule has 0 bridgehead atoms. The van der Waals surface area contributed by atoms with E-state index in [1.807, 2.05) is 0 Å². The Morgan fingerprint density at radius 3 is 2.53 bits per heavy atom. The molecule has 0 amide bonds. The van der Waals surface area contributed by atoms with Gasteiger partial charge in [0.05, 0.1) is 6.61 Å². The van der Waals surface area contributed by atoms with Gasteiger partial charge < -0.3 is 10.1 Å². The molecule has 0 aromatic carbocycles. The maximum absolute atomic E-state index is 5.51. The van der Waals surface area contributed by atoms with Crippen molar-refractivity contribution in [3.63, 3.8) is 0 Å². The van der Waals surface area contributed by atoms with Crippen LogP contribution >= 0.6 is 0 Å². The van der Waals surface area contributed by atoms with Gasteiger partial charge in [-0.2, -0.15) is 0 Å². The van der Waals surface area contributed by atoms with E-state index in [1.54, 1.807) is 0 Å². The Morgan fingerprint density at radius 2 is 1.87 bits per heavy atom. The fourth-order valence-electron chi connectivity index (χ4n) is 1.42. The minimum atomic E-state index is 0.800. The first kappa shape index (κ1) is 14.5. The summed E-state index contributed by atoms with van der Waals surface area (Å²) < 4.78 is 5.51. The Balaban J connectivity index is 3.01. The van der Waals surface area contributed by atoms with Crippen LogP contribution in [0.3, 0.4) is 0 Å². The Hall–Kier alpha value is -0.500. The maximum atomic E-state index is 5.51. The second-order valence-corrected chi connectivity index (χ2v) is 3.95. The molecule has 15 heavy (non-hydrogen) atoms. The Labute approximate surface area is 95.1 Å². The van der Waals surface area contributed by atoms with Gasteiger partial charge in [-0.3, -0.25) is 0 Å². The van der Waals surface area contributed by atoms with Crippen LogP contribution in [0, 0.1) is 0 Å². The van der Waals surface area contributed by atoms with Crippen LogP contribution < -0.4 is 5.32 Å². The molecule has 0 aliphatic rings. The standard InChI is InChI=1S/C13H27NO/c1-4-6-7-8-11-15-12-10-14-13(3)9-5-2/h14H,3-12H2,1-2H3. The van der Waals surface area contributed by atoms with Gasteiger partial charge in [0.25, 0.3) is 0 Å². The largest absolute Gasteiger partial charge is 0.387 e. The highest BCUT2D eigenvalue weighted by Crippen LogP contribution is 1.99. The summed E-state index contributed by atoms with van der Waals surface area (Å²) in [5, 5.41) is 3.27. The molecular weight excluding hydrogens is 186 g/mol. The Morgan fingerprint density at radius 1 is 1.07 bits per heavy atom. The summed E-state index contributed by atoms with van der Waals surface area (Å²) in [7, 11) is 0. The van der Waals surface area contributed by atoms with Gasteiger partial charge in [-0.25, -0.2) is 0 Å². The van der Waals surface area contributed by atoms with Crippen LogP contribution in [0.5, 0.6) is 0 Å². The van der Waals surface area contributed by atoms with Crippen LogP contribution in [0.15, 0.2) is 12.3 Å². The Kier molecular flexibility index (Phi) is 11.2. The van der Waals surface area contributed by atoms with Crippen LogP contribution in [0.1, 0.15) is 52.4 Å². The van der Waals surface area contributed by atoms with Gasteiger partial charge in [0, 0.05) is 18.8 Å². The van der Waals surface area contributed by atoms with E-state index in [4.69, 9.17) is 4.74 Å². The van der Waals surface area contributed by atoms with Crippen molar-refractivity contribution in [2.45, 2.75) is 52.4 Å². The van der Waals surface area contributed by atoms with Gasteiger partial charge in [-0.1, -0.05) is 46.1 Å². The normalized spacial score (nSPS) is 10.3. The molecule has 0 spiro atoms. The van der Waals surface area contributed by atoms with E-state index in [9.17, 15) is 0 Å². The van der Waals surface area contributed by atoms with E-state index < -0.39 is 0 Å². The third-order valence-corrected chi connectivity index (χ3v) is 2.32. The smallest absolute Gasteiger partial charge is 0.0638 e. The average Bonchev–Trinajstić information content (AvgIpc) is 2.22. The van der Waals surface area contributed by atoms with E-state index in [2.05, 4.69) is 25.7 Å². The molecule has 0 aliphatic carbocycles. The highest BCUT2D eigenvalue weighted by Gasteiger charge is 1.92. The quantitative estimate of drug-likeness (QED) is 0.530. The molecule has 0 atom stereocenters. The van der Waals surface area contributed by atoms with Crippen LogP contribution in [0.4, 0.5) is 0 Å². The SMILES string of the molecule is C=C(CCC)NCCOCCCCCC. The molecule has 2 heteroatoms. The first-order valence-electron chi connectivity index (χ1n) is 6.30. The second-order valence-electron chi connectivity index (χ2n) is 3.95. The minimum absolute atomic E-state index is 0.800. The molecule has 2 nitrogen and oxygen atoms in total. The van der Waals surface area contributed by atoms with Gasteiger partial charge in [-0.15, -0.1) is 0 Å². The van der Waals surface area contributed by atoms with Crippen LogP contribution in [-0.4, -0.2) is 19.8 Å². The van der Waals surface area contributed by atoms with Gasteiger partial charge in [0.1, 0.15) is 0 Å². The zero-order valence-corrected chi connectivity index (χ0v) is 10.5. The lowest BCUT2D eigenvalue weighted by Gasteiger charge is -2.08. The number of hydrogen-bond acceptors (Lipinski definition) is 2. The number of hydrogen-bond donors (Lipinski definition) is 1. The monoisotopic (exact) mass is 213 g/mol. The lowest BCUT2D eigenvalue weighted by atomic mass is 10.2. The number of allylic oxidation sites excluding steroid dienone is 1. The highest BCUT2D eigenvalue weighted by atomic mass is 16.5. The molecule has 0 aliphatic heterocycles. The van der Waals surface area contributed by atoms with E-state index in [0.717, 1.165) is 38.3 Å². The summed E-state index contributed by atoms with van der Waals surface area (Å²) in [6.07, 6.45) is 7.34. The van der Waals surface area contributed by atoms with Crippen molar-refractivity contribution < 1.29 is 4.74 Å². The van der Waals surface area contributed by atoms with Crippen LogP contribution in [-0.2, 0) is 4.74 Å². The predicted molar refractivity (Wildman–Crippen MR) is 67.0 cm³/mol. The number of nitrogens with one attached hydrogen (secondary N) is 1. The zero-order valence-electron chi connectivity index (χ0n) is 10.5. The molecule has 0 saturated heterocycles. The third-order valence-electron chi connectivity index (χ3n) is 2.32. The predicted octanol–water partition coefficient (Wildman–Crippen LogP) is 3.49. The van der Waals surface area contributed by atoms with Crippen molar-refractivity contribution in [1.29, 1.82) is 0 Å². The van der Waals surface area contributed by atoms with E-state index in [-0.39, 0.29) is 0 Å². The molecular formula is C13H27NO. The molecule has 1 N–H and O–H groups in total. The summed E-state index contributed by atoms with van der Waals surface area (Å²) in [6, 6.07) is 0. The molecule has 0 rings (SSSR count). The summed E-state index contributed by atoms with van der Waals surface area (Å²) in [5.41, 5.74) is 1.13. The summed E-state index contributed by atoms with van der Waals surface area (Å²) in [6.45, 7) is 10.9. The molecule has 0 fully saturated rings. The molecule has 0 saturated carbocycles. The fourth-order valence-corrected chi connectivity index (χ4v) is 1.42. The topological polar surface area (TPSA) is 21.3 Å². The number of ether oxygens (including phenoxy) is 1.